The number of amides is 1. The van der Waals surface area contributed by atoms with Crippen molar-refractivity contribution >= 4 is 11.6 Å². The lowest BCUT2D eigenvalue weighted by Gasteiger charge is -2.39. The van der Waals surface area contributed by atoms with Crippen molar-refractivity contribution in [2.75, 3.05) is 25.0 Å². The zero-order chi connectivity index (χ0) is 13.8. The molecule has 5 heteroatoms. The van der Waals surface area contributed by atoms with E-state index >= 15 is 0 Å². The van der Waals surface area contributed by atoms with Crippen LogP contribution >= 0.6 is 0 Å². The van der Waals surface area contributed by atoms with E-state index in [1.54, 1.807) is 6.07 Å². The third-order valence-electron chi connectivity index (χ3n) is 3.24. The highest BCUT2D eigenvalue weighted by Crippen LogP contribution is 2.21. The second-order valence-electron chi connectivity index (χ2n) is 4.80. The molecule has 5 nitrogen and oxygen atoms in total. The largest absolute Gasteiger partial charge is 0.356 e. The molecule has 2 unspecified atom stereocenters. The van der Waals surface area contributed by atoms with Crippen LogP contribution in [0.4, 0.5) is 5.69 Å². The molecule has 1 aliphatic heterocycles. The quantitative estimate of drug-likeness (QED) is 0.827. The van der Waals surface area contributed by atoms with Gasteiger partial charge in [0.1, 0.15) is 6.04 Å². The summed E-state index contributed by atoms with van der Waals surface area (Å²) in [5, 5.41) is 15.0. The normalized spacial score (nSPS) is 22.8. The summed E-state index contributed by atoms with van der Waals surface area (Å²) in [6.07, 6.45) is 0. The molecule has 0 radical (unpaired) electrons. The first-order valence-electron chi connectivity index (χ1n) is 6.37. The van der Waals surface area contributed by atoms with E-state index in [1.807, 2.05) is 32.2 Å². The van der Waals surface area contributed by atoms with Gasteiger partial charge in [0.25, 0.3) is 0 Å². The number of hydrogen-bond acceptors (Lipinski definition) is 4. The molecule has 2 rings (SSSR count). The zero-order valence-electron chi connectivity index (χ0n) is 11.2. The number of nitriles is 1. The van der Waals surface area contributed by atoms with Crippen molar-refractivity contribution in [2.45, 2.75) is 19.0 Å². The first-order valence-corrected chi connectivity index (χ1v) is 6.37. The van der Waals surface area contributed by atoms with E-state index in [9.17, 15) is 4.79 Å². The first kappa shape index (κ1) is 13.4. The van der Waals surface area contributed by atoms with Crippen molar-refractivity contribution in [1.82, 2.24) is 10.6 Å². The zero-order valence-corrected chi connectivity index (χ0v) is 11.2. The fourth-order valence-corrected chi connectivity index (χ4v) is 2.38. The maximum absolute atomic E-state index is 12.1. The van der Waals surface area contributed by atoms with Gasteiger partial charge in [0, 0.05) is 24.8 Å². The van der Waals surface area contributed by atoms with Gasteiger partial charge >= 0.3 is 0 Å². The number of carbonyl (C=O) groups is 1. The van der Waals surface area contributed by atoms with Crippen molar-refractivity contribution in [3.8, 4) is 6.07 Å². The van der Waals surface area contributed by atoms with E-state index < -0.39 is 0 Å². The van der Waals surface area contributed by atoms with Gasteiger partial charge in [-0.05, 0) is 32.2 Å². The molecule has 1 aromatic rings. The molecule has 1 aromatic carbocycles. The highest BCUT2D eigenvalue weighted by molar-refractivity contribution is 5.87. The number of rotatable bonds is 3. The highest BCUT2D eigenvalue weighted by atomic mass is 16.2. The Kier molecular flexibility index (Phi) is 4.03. The molecule has 0 saturated carbocycles. The van der Waals surface area contributed by atoms with Gasteiger partial charge < -0.3 is 15.5 Å². The van der Waals surface area contributed by atoms with E-state index in [1.165, 1.54) is 0 Å². The van der Waals surface area contributed by atoms with Gasteiger partial charge in [-0.1, -0.05) is 6.07 Å². The number of carbonyl (C=O) groups excluding carboxylic acids is 1. The number of benzene rings is 1. The lowest BCUT2D eigenvalue weighted by molar-refractivity contribution is -0.124. The molecule has 0 bridgehead atoms. The molecule has 0 spiro atoms. The summed E-state index contributed by atoms with van der Waals surface area (Å²) in [4.78, 5) is 14.1. The Morgan fingerprint density at radius 2 is 2.37 bits per heavy atom. The van der Waals surface area contributed by atoms with E-state index in [0.717, 1.165) is 12.2 Å². The van der Waals surface area contributed by atoms with Gasteiger partial charge in [-0.15, -0.1) is 0 Å². The third-order valence-corrected chi connectivity index (χ3v) is 3.24. The van der Waals surface area contributed by atoms with Crippen LogP contribution < -0.4 is 15.5 Å². The van der Waals surface area contributed by atoms with Gasteiger partial charge in [-0.2, -0.15) is 5.26 Å². The van der Waals surface area contributed by atoms with E-state index in [0.29, 0.717) is 12.1 Å². The van der Waals surface area contributed by atoms with E-state index in [2.05, 4.69) is 21.6 Å². The Balaban J connectivity index is 2.32. The number of nitrogens with zero attached hydrogens (tertiary/aromatic N) is 2. The summed E-state index contributed by atoms with van der Waals surface area (Å²) < 4.78 is 0. The maximum Gasteiger partial charge on any atom is 0.244 e. The molecule has 19 heavy (non-hydrogen) atoms. The van der Waals surface area contributed by atoms with Gasteiger partial charge in [-0.3, -0.25) is 4.79 Å². The van der Waals surface area contributed by atoms with Crippen LogP contribution in [0.1, 0.15) is 12.5 Å². The Morgan fingerprint density at radius 3 is 3.05 bits per heavy atom. The minimum atomic E-state index is -0.241. The third kappa shape index (κ3) is 2.85. The molecule has 1 saturated heterocycles. The molecule has 2 N–H and O–H groups in total. The molecule has 0 aliphatic carbocycles. The smallest absolute Gasteiger partial charge is 0.244 e. The summed E-state index contributed by atoms with van der Waals surface area (Å²) >= 11 is 0. The van der Waals surface area contributed by atoms with E-state index in [-0.39, 0.29) is 18.0 Å². The van der Waals surface area contributed by atoms with Crippen LogP contribution in [-0.4, -0.2) is 38.1 Å². The van der Waals surface area contributed by atoms with Gasteiger partial charge in [0.15, 0.2) is 0 Å². The molecule has 1 fully saturated rings. The molecule has 2 atom stereocenters. The summed E-state index contributed by atoms with van der Waals surface area (Å²) in [6, 6.07) is 9.38. The standard InChI is InChI=1S/C14H18N4O/c1-10-9-18(13(8-16-2)14(19)17-10)12-5-3-4-11(6-12)7-15/h3-6,10,13,16H,8-9H2,1-2H3,(H,17,19). The lowest BCUT2D eigenvalue weighted by Crippen LogP contribution is -2.62. The number of hydrogen-bond donors (Lipinski definition) is 2. The second-order valence-corrected chi connectivity index (χ2v) is 4.80. The predicted molar refractivity (Wildman–Crippen MR) is 73.8 cm³/mol. The van der Waals surface area contributed by atoms with Crippen molar-refractivity contribution in [2.24, 2.45) is 0 Å². The SMILES string of the molecule is CNCC1C(=O)NC(C)CN1c1cccc(C#N)c1. The molecule has 0 aromatic heterocycles. The number of anilines is 1. The minimum absolute atomic E-state index is 0.0236. The lowest BCUT2D eigenvalue weighted by atomic mass is 10.1. The molecule has 100 valence electrons. The summed E-state index contributed by atoms with van der Waals surface area (Å²) in [6.45, 7) is 3.30. The predicted octanol–water partition coefficient (Wildman–Crippen LogP) is 0.471. The van der Waals surface area contributed by atoms with Crippen LogP contribution in [0.2, 0.25) is 0 Å². The average Bonchev–Trinajstić information content (AvgIpc) is 2.41. The topological polar surface area (TPSA) is 68.2 Å². The number of likely N-dealkylation sites (N-methyl/N-ethyl adjacent to an activating group) is 1. The van der Waals surface area contributed by atoms with Crippen LogP contribution in [0.25, 0.3) is 0 Å². The average molecular weight is 258 g/mol. The summed E-state index contributed by atoms with van der Waals surface area (Å²) in [7, 11) is 1.83. The van der Waals surface area contributed by atoms with E-state index in [4.69, 9.17) is 5.26 Å². The van der Waals surface area contributed by atoms with Crippen molar-refractivity contribution in [3.63, 3.8) is 0 Å². The minimum Gasteiger partial charge on any atom is -0.356 e. The Hall–Kier alpha value is -2.06. The van der Waals surface area contributed by atoms with Crippen LogP contribution in [0.3, 0.4) is 0 Å². The van der Waals surface area contributed by atoms with Crippen molar-refractivity contribution in [1.29, 1.82) is 5.26 Å². The first-order chi connectivity index (χ1) is 9.15. The van der Waals surface area contributed by atoms with Crippen LogP contribution in [0.5, 0.6) is 0 Å². The maximum atomic E-state index is 12.1. The van der Waals surface area contributed by atoms with Crippen LogP contribution in [0, 0.1) is 11.3 Å². The summed E-state index contributed by atoms with van der Waals surface area (Å²) in [5.74, 6) is 0.0236. The second kappa shape index (κ2) is 5.72. The molecule has 1 aliphatic rings. The summed E-state index contributed by atoms with van der Waals surface area (Å²) in [5.41, 5.74) is 1.53. The van der Waals surface area contributed by atoms with Crippen molar-refractivity contribution < 1.29 is 4.79 Å². The van der Waals surface area contributed by atoms with Gasteiger partial charge in [0.05, 0.1) is 11.6 Å². The molecular formula is C14H18N4O. The number of nitrogens with one attached hydrogen (secondary N) is 2. The van der Waals surface area contributed by atoms with Gasteiger partial charge in [0.2, 0.25) is 5.91 Å². The molecule has 1 amide bonds. The Bertz CT molecular complexity index is 508. The number of piperazine rings is 1. The van der Waals surface area contributed by atoms with Crippen LogP contribution in [0.15, 0.2) is 24.3 Å². The monoisotopic (exact) mass is 258 g/mol. The molecular weight excluding hydrogens is 240 g/mol. The molecule has 1 heterocycles. The van der Waals surface area contributed by atoms with Gasteiger partial charge in [-0.25, -0.2) is 0 Å². The fourth-order valence-electron chi connectivity index (χ4n) is 2.38. The Morgan fingerprint density at radius 1 is 1.58 bits per heavy atom. The van der Waals surface area contributed by atoms with Crippen molar-refractivity contribution in [3.05, 3.63) is 29.8 Å². The Labute approximate surface area is 113 Å². The highest BCUT2D eigenvalue weighted by Gasteiger charge is 2.32. The van der Waals surface area contributed by atoms with Crippen LogP contribution in [-0.2, 0) is 4.79 Å². The fraction of sp³-hybridized carbons (Fsp3) is 0.429.